The summed E-state index contributed by atoms with van der Waals surface area (Å²) in [4.78, 5) is 28.2. The number of benzene rings is 2. The van der Waals surface area contributed by atoms with E-state index in [-0.39, 0.29) is 11.8 Å². The molecular formula is C22H27ClN2O2S. The summed E-state index contributed by atoms with van der Waals surface area (Å²) in [5.41, 5.74) is 0.948. The smallest absolute Gasteiger partial charge is 0.242 e. The third-order valence-corrected chi connectivity index (χ3v) is 5.58. The van der Waals surface area contributed by atoms with Gasteiger partial charge in [0, 0.05) is 35.2 Å². The molecule has 0 fully saturated rings. The fourth-order valence-corrected chi connectivity index (χ4v) is 3.67. The second-order valence-electron chi connectivity index (χ2n) is 6.53. The van der Waals surface area contributed by atoms with Crippen molar-refractivity contribution in [1.29, 1.82) is 0 Å². The number of hydrogen-bond donors (Lipinski definition) is 1. The molecule has 0 aromatic heterocycles. The van der Waals surface area contributed by atoms with Crippen molar-refractivity contribution in [1.82, 2.24) is 10.2 Å². The number of nitrogens with one attached hydrogen (secondary N) is 1. The molecule has 4 nitrogen and oxygen atoms in total. The molecule has 0 unspecified atom stereocenters. The van der Waals surface area contributed by atoms with E-state index in [4.69, 9.17) is 11.6 Å². The lowest BCUT2D eigenvalue weighted by Crippen LogP contribution is -2.47. The van der Waals surface area contributed by atoms with Gasteiger partial charge in [0.1, 0.15) is 6.04 Å². The molecule has 2 amide bonds. The van der Waals surface area contributed by atoms with Crippen molar-refractivity contribution >= 4 is 35.2 Å². The van der Waals surface area contributed by atoms with Crippen LogP contribution < -0.4 is 5.32 Å². The minimum absolute atomic E-state index is 0.0301. The quantitative estimate of drug-likeness (QED) is 0.565. The van der Waals surface area contributed by atoms with Gasteiger partial charge in [-0.05, 0) is 43.2 Å². The predicted molar refractivity (Wildman–Crippen MR) is 117 cm³/mol. The van der Waals surface area contributed by atoms with Crippen molar-refractivity contribution in [2.24, 2.45) is 0 Å². The summed E-state index contributed by atoms with van der Waals surface area (Å²) in [5.74, 6) is 0.515. The summed E-state index contributed by atoms with van der Waals surface area (Å²) in [7, 11) is 0. The lowest BCUT2D eigenvalue weighted by Gasteiger charge is -2.29. The zero-order chi connectivity index (χ0) is 20.4. The third kappa shape index (κ3) is 7.21. The largest absolute Gasteiger partial charge is 0.354 e. The van der Waals surface area contributed by atoms with Gasteiger partial charge in [0.25, 0.3) is 0 Å². The number of carbonyl (C=O) groups is 2. The molecule has 1 atom stereocenters. The maximum atomic E-state index is 12.9. The van der Waals surface area contributed by atoms with E-state index in [0.717, 1.165) is 16.9 Å². The first kappa shape index (κ1) is 22.3. The Bertz CT molecular complexity index is 753. The van der Waals surface area contributed by atoms with Crippen molar-refractivity contribution in [3.63, 3.8) is 0 Å². The van der Waals surface area contributed by atoms with E-state index in [1.807, 2.05) is 49.4 Å². The number of hydrogen-bond acceptors (Lipinski definition) is 3. The molecule has 0 saturated carbocycles. The van der Waals surface area contributed by atoms with Crippen LogP contribution in [0.15, 0.2) is 59.5 Å². The average molecular weight is 419 g/mol. The van der Waals surface area contributed by atoms with Gasteiger partial charge in [-0.3, -0.25) is 9.59 Å². The minimum Gasteiger partial charge on any atom is -0.354 e. The summed E-state index contributed by atoms with van der Waals surface area (Å²) >= 11 is 7.60. The van der Waals surface area contributed by atoms with E-state index in [2.05, 4.69) is 5.32 Å². The van der Waals surface area contributed by atoms with Gasteiger partial charge in [0.05, 0.1) is 0 Å². The van der Waals surface area contributed by atoms with Gasteiger partial charge >= 0.3 is 0 Å². The topological polar surface area (TPSA) is 49.4 Å². The molecular weight excluding hydrogens is 392 g/mol. The van der Waals surface area contributed by atoms with Crippen LogP contribution in [0.1, 0.15) is 32.3 Å². The Labute approximate surface area is 176 Å². The molecule has 2 rings (SSSR count). The van der Waals surface area contributed by atoms with Gasteiger partial charge < -0.3 is 10.2 Å². The summed E-state index contributed by atoms with van der Waals surface area (Å²) in [6.45, 7) is 4.77. The first-order valence-corrected chi connectivity index (χ1v) is 10.9. The number of thioether (sulfide) groups is 1. The molecule has 0 aliphatic carbocycles. The SMILES string of the molecule is CCCNC(=O)[C@H](C)N(Cc1ccc(Cl)cc1)C(=O)CCSc1ccccc1. The van der Waals surface area contributed by atoms with Gasteiger partial charge in [-0.2, -0.15) is 0 Å². The molecule has 0 bridgehead atoms. The normalized spacial score (nSPS) is 11.7. The Hall–Kier alpha value is -1.98. The number of rotatable bonds is 10. The second-order valence-corrected chi connectivity index (χ2v) is 8.13. The van der Waals surface area contributed by atoms with E-state index < -0.39 is 6.04 Å². The molecule has 150 valence electrons. The number of halogens is 1. The standard InChI is InChI=1S/C22H27ClN2O2S/c1-3-14-24-22(27)17(2)25(16-18-9-11-19(23)12-10-18)21(26)13-15-28-20-7-5-4-6-8-20/h4-12,17H,3,13-16H2,1-2H3,(H,24,27)/t17-/m0/s1. The van der Waals surface area contributed by atoms with Gasteiger partial charge in [0.15, 0.2) is 0 Å². The van der Waals surface area contributed by atoms with Gasteiger partial charge in [-0.25, -0.2) is 0 Å². The first-order chi connectivity index (χ1) is 13.5. The molecule has 0 heterocycles. The lowest BCUT2D eigenvalue weighted by atomic mass is 10.1. The van der Waals surface area contributed by atoms with Crippen LogP contribution in [0.3, 0.4) is 0 Å². The number of carbonyl (C=O) groups excluding carboxylic acids is 2. The summed E-state index contributed by atoms with van der Waals surface area (Å²) in [6, 6.07) is 16.8. The van der Waals surface area contributed by atoms with E-state index >= 15 is 0 Å². The first-order valence-electron chi connectivity index (χ1n) is 9.50. The Balaban J connectivity index is 2.03. The highest BCUT2D eigenvalue weighted by molar-refractivity contribution is 7.99. The highest BCUT2D eigenvalue weighted by Crippen LogP contribution is 2.20. The zero-order valence-corrected chi connectivity index (χ0v) is 17.9. The molecule has 2 aromatic carbocycles. The highest BCUT2D eigenvalue weighted by Gasteiger charge is 2.25. The summed E-state index contributed by atoms with van der Waals surface area (Å²) < 4.78 is 0. The Morgan fingerprint density at radius 3 is 2.43 bits per heavy atom. The van der Waals surface area contributed by atoms with E-state index in [0.29, 0.717) is 30.3 Å². The van der Waals surface area contributed by atoms with Crippen LogP contribution in [0.5, 0.6) is 0 Å². The predicted octanol–water partition coefficient (Wildman–Crippen LogP) is 4.77. The lowest BCUT2D eigenvalue weighted by molar-refractivity contribution is -0.140. The molecule has 6 heteroatoms. The zero-order valence-electron chi connectivity index (χ0n) is 16.4. The van der Waals surface area contributed by atoms with E-state index in [9.17, 15) is 9.59 Å². The molecule has 28 heavy (non-hydrogen) atoms. The molecule has 1 N–H and O–H groups in total. The van der Waals surface area contributed by atoms with Crippen LogP contribution in [-0.2, 0) is 16.1 Å². The van der Waals surface area contributed by atoms with Crippen molar-refractivity contribution < 1.29 is 9.59 Å². The molecule has 0 aliphatic rings. The maximum Gasteiger partial charge on any atom is 0.242 e. The third-order valence-electron chi connectivity index (χ3n) is 4.31. The fourth-order valence-electron chi connectivity index (χ4n) is 2.68. The van der Waals surface area contributed by atoms with Crippen molar-refractivity contribution in [2.75, 3.05) is 12.3 Å². The summed E-state index contributed by atoms with van der Waals surface area (Å²) in [6.07, 6.45) is 1.23. The van der Waals surface area contributed by atoms with Crippen LogP contribution in [-0.4, -0.2) is 35.1 Å². The van der Waals surface area contributed by atoms with Crippen LogP contribution in [0.25, 0.3) is 0 Å². The minimum atomic E-state index is -0.531. The summed E-state index contributed by atoms with van der Waals surface area (Å²) in [5, 5.41) is 3.53. The molecule has 0 radical (unpaired) electrons. The van der Waals surface area contributed by atoms with Gasteiger partial charge in [-0.1, -0.05) is 48.9 Å². The highest BCUT2D eigenvalue weighted by atomic mass is 35.5. The van der Waals surface area contributed by atoms with Crippen LogP contribution in [0.2, 0.25) is 5.02 Å². The van der Waals surface area contributed by atoms with Crippen LogP contribution in [0.4, 0.5) is 0 Å². The molecule has 0 saturated heterocycles. The van der Waals surface area contributed by atoms with Crippen LogP contribution >= 0.6 is 23.4 Å². The Morgan fingerprint density at radius 1 is 1.11 bits per heavy atom. The monoisotopic (exact) mass is 418 g/mol. The van der Waals surface area contributed by atoms with E-state index in [1.54, 1.807) is 35.7 Å². The fraction of sp³-hybridized carbons (Fsp3) is 0.364. The van der Waals surface area contributed by atoms with Gasteiger partial charge in [0.2, 0.25) is 11.8 Å². The maximum absolute atomic E-state index is 12.9. The number of nitrogens with zero attached hydrogens (tertiary/aromatic N) is 1. The molecule has 0 aliphatic heterocycles. The second kappa shape index (κ2) is 11.8. The van der Waals surface area contributed by atoms with Crippen molar-refractivity contribution in [2.45, 2.75) is 44.2 Å². The molecule has 0 spiro atoms. The van der Waals surface area contributed by atoms with Crippen molar-refractivity contribution in [3.8, 4) is 0 Å². The Kier molecular flexibility index (Phi) is 9.38. The van der Waals surface area contributed by atoms with Crippen molar-refractivity contribution in [3.05, 3.63) is 65.2 Å². The van der Waals surface area contributed by atoms with Crippen LogP contribution in [0, 0.1) is 0 Å². The Morgan fingerprint density at radius 2 is 1.79 bits per heavy atom. The number of amides is 2. The van der Waals surface area contributed by atoms with Gasteiger partial charge in [-0.15, -0.1) is 11.8 Å². The van der Waals surface area contributed by atoms with E-state index in [1.165, 1.54) is 0 Å². The average Bonchev–Trinajstić information content (AvgIpc) is 2.71. The molecule has 2 aromatic rings.